The van der Waals surface area contributed by atoms with E-state index in [0.29, 0.717) is 0 Å². The van der Waals surface area contributed by atoms with E-state index in [1.54, 1.807) is 17.8 Å². The smallest absolute Gasteiger partial charge is 0.0343 e. The van der Waals surface area contributed by atoms with Gasteiger partial charge in [-0.05, 0) is 25.7 Å². The molecule has 0 aliphatic rings. The van der Waals surface area contributed by atoms with Crippen molar-refractivity contribution in [3.63, 3.8) is 0 Å². The van der Waals surface area contributed by atoms with E-state index in [9.17, 15) is 0 Å². The molecule has 0 saturated carbocycles. The summed E-state index contributed by atoms with van der Waals surface area (Å²) in [5, 5.41) is 0. The molecular formula is C10H16S. The molecule has 0 aromatic carbocycles. The van der Waals surface area contributed by atoms with Crippen LogP contribution in [-0.4, -0.2) is 11.0 Å². The highest BCUT2D eigenvalue weighted by Crippen LogP contribution is 2.29. The molecule has 62 valence electrons. The molecule has 0 radical (unpaired) electrons. The van der Waals surface area contributed by atoms with Crippen LogP contribution >= 0.6 is 11.8 Å². The summed E-state index contributed by atoms with van der Waals surface area (Å²) >= 11 is 1.80. The van der Waals surface area contributed by atoms with E-state index in [1.165, 1.54) is 0 Å². The molecule has 0 nitrogen and oxygen atoms in total. The van der Waals surface area contributed by atoms with Gasteiger partial charge in [0.05, 0.1) is 0 Å². The highest BCUT2D eigenvalue weighted by Gasteiger charge is 2.17. The molecule has 0 unspecified atom stereocenters. The zero-order chi connectivity index (χ0) is 8.91. The summed E-state index contributed by atoms with van der Waals surface area (Å²) in [4.78, 5) is 0. The molecule has 0 heterocycles. The molecular weight excluding hydrogens is 152 g/mol. The Bertz CT molecular complexity index is 175. The number of hydrogen-bond acceptors (Lipinski definition) is 1. The molecule has 0 spiro atoms. The summed E-state index contributed by atoms with van der Waals surface area (Å²) in [6, 6.07) is 0. The molecule has 1 heteroatoms. The number of allylic oxidation sites excluding steroid dienone is 3. The Balaban J connectivity index is 4.24. The predicted molar refractivity (Wildman–Crippen MR) is 56.1 cm³/mol. The largest absolute Gasteiger partial charge is 0.154 e. The fraction of sp³-hybridized carbons (Fsp3) is 0.400. The van der Waals surface area contributed by atoms with Crippen LogP contribution in [0.15, 0.2) is 37.0 Å². The van der Waals surface area contributed by atoms with Crippen LogP contribution in [0.4, 0.5) is 0 Å². The highest BCUT2D eigenvalue weighted by molar-refractivity contribution is 8.00. The Kier molecular flexibility index (Phi) is 4.27. The lowest BCUT2D eigenvalue weighted by Gasteiger charge is -2.22. The lowest BCUT2D eigenvalue weighted by atomic mass is 10.0. The van der Waals surface area contributed by atoms with Crippen LogP contribution in [0.5, 0.6) is 0 Å². The van der Waals surface area contributed by atoms with Crippen LogP contribution in [0.2, 0.25) is 0 Å². The highest BCUT2D eigenvalue weighted by atomic mass is 32.2. The second-order valence-electron chi connectivity index (χ2n) is 2.83. The van der Waals surface area contributed by atoms with Gasteiger partial charge < -0.3 is 0 Å². The maximum absolute atomic E-state index is 3.98. The summed E-state index contributed by atoms with van der Waals surface area (Å²) in [6.07, 6.45) is 7.78. The van der Waals surface area contributed by atoms with E-state index in [0.717, 1.165) is 5.57 Å². The number of rotatable bonds is 4. The van der Waals surface area contributed by atoms with Crippen molar-refractivity contribution in [1.29, 1.82) is 0 Å². The van der Waals surface area contributed by atoms with Crippen molar-refractivity contribution < 1.29 is 0 Å². The first-order valence-corrected chi connectivity index (χ1v) is 4.80. The quantitative estimate of drug-likeness (QED) is 0.580. The van der Waals surface area contributed by atoms with Crippen molar-refractivity contribution in [2.75, 3.05) is 6.26 Å². The van der Waals surface area contributed by atoms with Crippen LogP contribution in [0.3, 0.4) is 0 Å². The Hall–Kier alpha value is -0.430. The summed E-state index contributed by atoms with van der Waals surface area (Å²) in [7, 11) is 0. The van der Waals surface area contributed by atoms with E-state index >= 15 is 0 Å². The maximum Gasteiger partial charge on any atom is 0.0343 e. The summed E-state index contributed by atoms with van der Waals surface area (Å²) in [6.45, 7) is 11.9. The monoisotopic (exact) mass is 168 g/mol. The van der Waals surface area contributed by atoms with Crippen molar-refractivity contribution in [2.45, 2.75) is 18.6 Å². The van der Waals surface area contributed by atoms with Crippen molar-refractivity contribution in [3.05, 3.63) is 37.0 Å². The lowest BCUT2D eigenvalue weighted by molar-refractivity contribution is 0.864. The molecule has 11 heavy (non-hydrogen) atoms. The van der Waals surface area contributed by atoms with E-state index in [4.69, 9.17) is 0 Å². The third-order valence-electron chi connectivity index (χ3n) is 1.72. The Morgan fingerprint density at radius 2 is 2.00 bits per heavy atom. The zero-order valence-electron chi connectivity index (χ0n) is 7.55. The minimum atomic E-state index is 0.138. The van der Waals surface area contributed by atoms with Gasteiger partial charge in [0.15, 0.2) is 0 Å². The van der Waals surface area contributed by atoms with E-state index in [-0.39, 0.29) is 4.75 Å². The number of hydrogen-bond donors (Lipinski definition) is 0. The van der Waals surface area contributed by atoms with E-state index < -0.39 is 0 Å². The molecule has 0 saturated heterocycles. The molecule has 0 atom stereocenters. The first-order chi connectivity index (χ1) is 5.04. The van der Waals surface area contributed by atoms with Crippen molar-refractivity contribution in [2.24, 2.45) is 0 Å². The van der Waals surface area contributed by atoms with E-state index in [1.807, 2.05) is 12.2 Å². The van der Waals surface area contributed by atoms with Crippen LogP contribution < -0.4 is 0 Å². The first-order valence-electron chi connectivity index (χ1n) is 3.58. The van der Waals surface area contributed by atoms with Crippen LogP contribution in [0, 0.1) is 0 Å². The third-order valence-corrected chi connectivity index (χ3v) is 3.00. The minimum absolute atomic E-state index is 0.138. The Labute approximate surface area is 74.1 Å². The molecule has 0 N–H and O–H groups in total. The number of thioether (sulfide) groups is 1. The van der Waals surface area contributed by atoms with Crippen LogP contribution in [0.1, 0.15) is 13.8 Å². The lowest BCUT2D eigenvalue weighted by Crippen LogP contribution is -2.14. The molecule has 0 bridgehead atoms. The summed E-state index contributed by atoms with van der Waals surface area (Å²) in [5.41, 5.74) is 1.13. The van der Waals surface area contributed by atoms with Gasteiger partial charge >= 0.3 is 0 Å². The molecule has 0 rings (SSSR count). The molecule has 0 aliphatic carbocycles. The van der Waals surface area contributed by atoms with Gasteiger partial charge in [0, 0.05) is 4.75 Å². The molecule has 0 aromatic heterocycles. The molecule has 0 aromatic rings. The second kappa shape index (κ2) is 4.45. The first kappa shape index (κ1) is 10.6. The predicted octanol–water partition coefficient (Wildman–Crippen LogP) is 3.43. The van der Waals surface area contributed by atoms with Gasteiger partial charge in [0.25, 0.3) is 0 Å². The molecule has 0 fully saturated rings. The topological polar surface area (TPSA) is 0 Å². The van der Waals surface area contributed by atoms with Crippen molar-refractivity contribution in [1.82, 2.24) is 0 Å². The van der Waals surface area contributed by atoms with Gasteiger partial charge in [-0.15, -0.1) is 0 Å². The maximum atomic E-state index is 3.98. The van der Waals surface area contributed by atoms with Gasteiger partial charge in [-0.1, -0.05) is 31.4 Å². The standard InChI is InChI=1S/C10H16S/c1-6-7-8-9(2)10(3,4)11-5/h6-8H,1-2H2,3-5H3/b8-7-. The summed E-state index contributed by atoms with van der Waals surface area (Å²) in [5.74, 6) is 0. The van der Waals surface area contributed by atoms with Crippen LogP contribution in [-0.2, 0) is 0 Å². The van der Waals surface area contributed by atoms with Gasteiger partial charge in [-0.2, -0.15) is 11.8 Å². The Morgan fingerprint density at radius 1 is 1.45 bits per heavy atom. The SMILES string of the molecule is C=C/C=C\C(=C)C(C)(C)SC. The summed E-state index contributed by atoms with van der Waals surface area (Å²) < 4.78 is 0.138. The average Bonchev–Trinajstić information content (AvgIpc) is 2.00. The second-order valence-corrected chi connectivity index (χ2v) is 4.26. The van der Waals surface area contributed by atoms with Gasteiger partial charge in [-0.25, -0.2) is 0 Å². The molecule has 0 aliphatic heterocycles. The minimum Gasteiger partial charge on any atom is -0.154 e. The normalized spacial score (nSPS) is 11.9. The van der Waals surface area contributed by atoms with Gasteiger partial charge in [0.1, 0.15) is 0 Å². The van der Waals surface area contributed by atoms with Crippen molar-refractivity contribution >= 4 is 11.8 Å². The average molecular weight is 168 g/mol. The van der Waals surface area contributed by atoms with E-state index in [2.05, 4.69) is 33.3 Å². The molecule has 0 amide bonds. The van der Waals surface area contributed by atoms with Crippen LogP contribution in [0.25, 0.3) is 0 Å². The fourth-order valence-corrected chi connectivity index (χ4v) is 0.846. The zero-order valence-corrected chi connectivity index (χ0v) is 8.37. The van der Waals surface area contributed by atoms with Gasteiger partial charge in [0.2, 0.25) is 0 Å². The van der Waals surface area contributed by atoms with Gasteiger partial charge in [-0.3, -0.25) is 0 Å². The fourth-order valence-electron chi connectivity index (χ4n) is 0.516. The Morgan fingerprint density at radius 3 is 2.36 bits per heavy atom. The van der Waals surface area contributed by atoms with Crippen molar-refractivity contribution in [3.8, 4) is 0 Å². The third kappa shape index (κ3) is 3.47.